The van der Waals surface area contributed by atoms with E-state index in [2.05, 4.69) is 18.5 Å². The first kappa shape index (κ1) is 23.9. The van der Waals surface area contributed by atoms with Gasteiger partial charge in [-0.3, -0.25) is 9.48 Å². The lowest BCUT2D eigenvalue weighted by molar-refractivity contribution is -0.141. The minimum absolute atomic E-state index is 0.173. The third-order valence-electron chi connectivity index (χ3n) is 7.86. The molecule has 0 unspecified atom stereocenters. The van der Waals surface area contributed by atoms with Gasteiger partial charge in [0.15, 0.2) is 0 Å². The van der Waals surface area contributed by atoms with Gasteiger partial charge in [-0.15, -0.1) is 0 Å². The Bertz CT molecular complexity index is 1340. The van der Waals surface area contributed by atoms with Crippen LogP contribution < -0.4 is 0 Å². The average molecular weight is 498 g/mol. The van der Waals surface area contributed by atoms with E-state index >= 15 is 0 Å². The Labute approximate surface area is 210 Å². The number of hydrogen-bond acceptors (Lipinski definition) is 5. The van der Waals surface area contributed by atoms with Crippen molar-refractivity contribution in [2.75, 3.05) is 13.7 Å². The number of carbonyl (C=O) groups is 2. The Morgan fingerprint density at radius 1 is 1.23 bits per heavy atom. The van der Waals surface area contributed by atoms with Crippen molar-refractivity contribution in [1.29, 1.82) is 0 Å². The van der Waals surface area contributed by atoms with Crippen molar-refractivity contribution in [2.24, 2.45) is 13.0 Å². The number of hydrogen-bond donors (Lipinski definition) is 0. The van der Waals surface area contributed by atoms with Crippen LogP contribution >= 0.6 is 11.6 Å². The molecule has 0 amide bonds. The normalized spacial score (nSPS) is 20.5. The van der Waals surface area contributed by atoms with E-state index in [1.807, 2.05) is 23.7 Å². The van der Waals surface area contributed by atoms with Crippen molar-refractivity contribution in [3.63, 3.8) is 0 Å². The quantitative estimate of drug-likeness (QED) is 0.309. The van der Waals surface area contributed by atoms with Crippen LogP contribution in [-0.4, -0.2) is 40.0 Å². The molecular formula is C27H32ClN3O4. The van der Waals surface area contributed by atoms with Gasteiger partial charge < -0.3 is 14.0 Å². The Morgan fingerprint density at radius 2 is 1.94 bits per heavy atom. The number of ether oxygens (including phenoxy) is 2. The van der Waals surface area contributed by atoms with Crippen LogP contribution in [0.3, 0.4) is 0 Å². The molecule has 0 atom stereocenters. The summed E-state index contributed by atoms with van der Waals surface area (Å²) >= 11 is 6.90. The molecule has 3 aromatic rings. The van der Waals surface area contributed by atoms with Crippen LogP contribution in [0.2, 0.25) is 5.02 Å². The van der Waals surface area contributed by atoms with E-state index in [4.69, 9.17) is 26.2 Å². The number of carbonyl (C=O) groups excluding carboxylic acids is 2. The van der Waals surface area contributed by atoms with Crippen LogP contribution in [0.15, 0.2) is 12.1 Å². The summed E-state index contributed by atoms with van der Waals surface area (Å²) in [7, 11) is 3.28. The van der Waals surface area contributed by atoms with Crippen molar-refractivity contribution in [3.05, 3.63) is 39.8 Å². The SMILES string of the molecule is CCc1c(-c2c(Cl)ccc3c(CCCOC(C)=O)c(C(=O)OC)n(C)c23)c(C)nn1C12CC(C1)C2. The van der Waals surface area contributed by atoms with Crippen LogP contribution in [0.4, 0.5) is 0 Å². The standard InChI is InChI=1S/C27H32ClN3O4/c1-6-21-22(15(2)29-31(21)27-12-17(13-27)14-27)23-20(28)10-9-19-18(8-7-11-35-16(3)32)25(26(33)34-5)30(4)24(19)23/h9-10,17H,6-8,11-14H2,1-5H3. The predicted octanol–water partition coefficient (Wildman–Crippen LogP) is 5.36. The number of methoxy groups -OCH3 is 1. The Hall–Kier alpha value is -2.80. The first-order valence-electron chi connectivity index (χ1n) is 12.3. The molecule has 0 radical (unpaired) electrons. The highest BCUT2D eigenvalue weighted by molar-refractivity contribution is 6.35. The van der Waals surface area contributed by atoms with E-state index in [9.17, 15) is 9.59 Å². The maximum atomic E-state index is 12.9. The maximum Gasteiger partial charge on any atom is 0.354 e. The van der Waals surface area contributed by atoms with Crippen molar-refractivity contribution in [2.45, 2.75) is 64.8 Å². The maximum absolute atomic E-state index is 12.9. The second-order valence-corrected chi connectivity index (χ2v) is 10.4. The molecule has 6 rings (SSSR count). The lowest BCUT2D eigenvalue weighted by atomic mass is 9.50. The number of aryl methyl sites for hydroxylation is 3. The third kappa shape index (κ3) is 3.58. The van der Waals surface area contributed by atoms with Crippen molar-refractivity contribution < 1.29 is 19.1 Å². The highest BCUT2D eigenvalue weighted by Gasteiger charge is 2.59. The van der Waals surface area contributed by atoms with Gasteiger partial charge in [0.25, 0.3) is 0 Å². The number of benzene rings is 1. The molecule has 0 aliphatic heterocycles. The minimum atomic E-state index is -0.398. The number of rotatable bonds is 8. The van der Waals surface area contributed by atoms with Gasteiger partial charge in [0, 0.05) is 36.2 Å². The average Bonchev–Trinajstić information content (AvgIpc) is 3.22. The molecule has 2 heterocycles. The summed E-state index contributed by atoms with van der Waals surface area (Å²) in [5, 5.41) is 6.62. The zero-order valence-electron chi connectivity index (χ0n) is 21.0. The fourth-order valence-electron chi connectivity index (χ4n) is 6.22. The number of esters is 2. The summed E-state index contributed by atoms with van der Waals surface area (Å²) < 4.78 is 14.5. The molecule has 0 spiro atoms. The Balaban J connectivity index is 1.70. The number of fused-ring (bicyclic) bond motifs is 1. The van der Waals surface area contributed by atoms with Crippen LogP contribution in [-0.2, 0) is 39.7 Å². The molecule has 3 aliphatic carbocycles. The Morgan fingerprint density at radius 3 is 2.51 bits per heavy atom. The van der Waals surface area contributed by atoms with Gasteiger partial charge in [-0.2, -0.15) is 5.10 Å². The number of aromatic nitrogens is 3. The lowest BCUT2D eigenvalue weighted by Gasteiger charge is -2.61. The van der Waals surface area contributed by atoms with Crippen LogP contribution in [0, 0.1) is 12.8 Å². The fourth-order valence-corrected chi connectivity index (χ4v) is 6.47. The van der Waals surface area contributed by atoms with Crippen molar-refractivity contribution in [3.8, 4) is 11.1 Å². The molecular weight excluding hydrogens is 466 g/mol. The highest BCUT2D eigenvalue weighted by atomic mass is 35.5. The summed E-state index contributed by atoms with van der Waals surface area (Å²) in [5.74, 6) is 0.142. The zero-order valence-corrected chi connectivity index (χ0v) is 21.8. The molecule has 3 fully saturated rings. The van der Waals surface area contributed by atoms with E-state index < -0.39 is 5.97 Å². The second-order valence-electron chi connectivity index (χ2n) is 10.0. The largest absolute Gasteiger partial charge is 0.466 e. The number of halogens is 1. The van der Waals surface area contributed by atoms with E-state index in [1.165, 1.54) is 39.0 Å². The van der Waals surface area contributed by atoms with Gasteiger partial charge >= 0.3 is 11.9 Å². The van der Waals surface area contributed by atoms with Gasteiger partial charge in [-0.1, -0.05) is 24.6 Å². The summed E-state index contributed by atoms with van der Waals surface area (Å²) in [5.41, 5.74) is 6.58. The van der Waals surface area contributed by atoms with E-state index in [0.29, 0.717) is 30.2 Å². The van der Waals surface area contributed by atoms with Gasteiger partial charge in [0.1, 0.15) is 5.69 Å². The molecule has 35 heavy (non-hydrogen) atoms. The molecule has 2 bridgehead atoms. The molecule has 186 valence electrons. The molecule has 1 aromatic carbocycles. The van der Waals surface area contributed by atoms with Gasteiger partial charge in [-0.25, -0.2) is 4.79 Å². The van der Waals surface area contributed by atoms with Gasteiger partial charge in [-0.05, 0) is 63.0 Å². The predicted molar refractivity (Wildman–Crippen MR) is 135 cm³/mol. The molecule has 3 aliphatic rings. The van der Waals surface area contributed by atoms with Crippen molar-refractivity contribution in [1.82, 2.24) is 14.3 Å². The van der Waals surface area contributed by atoms with Crippen LogP contribution in [0.25, 0.3) is 22.0 Å². The molecule has 7 nitrogen and oxygen atoms in total. The van der Waals surface area contributed by atoms with Crippen LogP contribution in [0.1, 0.15) is 67.0 Å². The highest BCUT2D eigenvalue weighted by Crippen LogP contribution is 2.63. The second kappa shape index (κ2) is 8.70. The Kier molecular flexibility index (Phi) is 5.94. The van der Waals surface area contributed by atoms with E-state index in [1.54, 1.807) is 0 Å². The smallest absolute Gasteiger partial charge is 0.354 e. The summed E-state index contributed by atoms with van der Waals surface area (Å²) in [6.45, 7) is 5.91. The molecule has 0 saturated heterocycles. The first-order valence-corrected chi connectivity index (χ1v) is 12.7. The topological polar surface area (TPSA) is 75.4 Å². The number of nitrogens with zero attached hydrogens (tertiary/aromatic N) is 3. The monoisotopic (exact) mass is 497 g/mol. The van der Waals surface area contributed by atoms with Crippen molar-refractivity contribution >= 4 is 34.4 Å². The zero-order chi connectivity index (χ0) is 25.1. The third-order valence-corrected chi connectivity index (χ3v) is 8.18. The fraction of sp³-hybridized carbons (Fsp3) is 0.519. The van der Waals surface area contributed by atoms with Gasteiger partial charge in [0.2, 0.25) is 0 Å². The first-order chi connectivity index (χ1) is 16.7. The van der Waals surface area contributed by atoms with Gasteiger partial charge in [0.05, 0.1) is 35.5 Å². The molecule has 2 aromatic heterocycles. The summed E-state index contributed by atoms with van der Waals surface area (Å²) in [6.07, 6.45) is 5.64. The van der Waals surface area contributed by atoms with E-state index in [-0.39, 0.29) is 11.5 Å². The molecule has 0 N–H and O–H groups in total. The molecule has 3 saturated carbocycles. The molecule has 8 heteroatoms. The summed E-state index contributed by atoms with van der Waals surface area (Å²) in [4.78, 5) is 24.1. The summed E-state index contributed by atoms with van der Waals surface area (Å²) in [6, 6.07) is 3.88. The minimum Gasteiger partial charge on any atom is -0.466 e. The van der Waals surface area contributed by atoms with Crippen LogP contribution in [0.5, 0.6) is 0 Å². The van der Waals surface area contributed by atoms with E-state index in [0.717, 1.165) is 45.6 Å². The lowest BCUT2D eigenvalue weighted by Crippen LogP contribution is -2.60.